The van der Waals surface area contributed by atoms with Gasteiger partial charge in [0.05, 0.1) is 30.1 Å². The maximum Gasteiger partial charge on any atom is 0.337 e. The first kappa shape index (κ1) is 24.9. The quantitative estimate of drug-likeness (QED) is 0.406. The number of esters is 1. The molecule has 0 aliphatic carbocycles. The van der Waals surface area contributed by atoms with Gasteiger partial charge >= 0.3 is 5.97 Å². The summed E-state index contributed by atoms with van der Waals surface area (Å²) in [5, 5.41) is 2.86. The van der Waals surface area contributed by atoms with Gasteiger partial charge in [0.2, 0.25) is 5.91 Å². The SMILES string of the molecule is COC(=O)c1cc(Br)c2c(c1)CN(C(=O)Cc1ccc(NC(=O)c3ccc(Br)cc3)cc1)CCO2. The molecule has 7 nitrogen and oxygen atoms in total. The van der Waals surface area contributed by atoms with Crippen LogP contribution < -0.4 is 10.1 Å². The molecule has 1 N–H and O–H groups in total. The van der Waals surface area contributed by atoms with Gasteiger partial charge in [-0.25, -0.2) is 4.79 Å². The van der Waals surface area contributed by atoms with Gasteiger partial charge in [0.25, 0.3) is 5.91 Å². The standard InChI is InChI=1S/C26H22Br2N2O5/c1-34-26(33)18-13-19-15-30(10-11-35-24(19)22(28)14-18)23(31)12-16-2-8-21(9-3-16)29-25(32)17-4-6-20(27)7-5-17/h2-9,13-14H,10-12,15H2,1H3,(H,29,32). The molecule has 3 aromatic rings. The van der Waals surface area contributed by atoms with Crippen molar-refractivity contribution in [3.8, 4) is 5.75 Å². The van der Waals surface area contributed by atoms with E-state index in [1.54, 1.807) is 41.3 Å². The highest BCUT2D eigenvalue weighted by atomic mass is 79.9. The van der Waals surface area contributed by atoms with E-state index in [0.717, 1.165) is 15.6 Å². The number of anilines is 1. The van der Waals surface area contributed by atoms with E-state index in [0.29, 0.717) is 46.7 Å². The van der Waals surface area contributed by atoms with Crippen LogP contribution in [0.1, 0.15) is 31.8 Å². The van der Waals surface area contributed by atoms with Crippen molar-refractivity contribution < 1.29 is 23.9 Å². The highest BCUT2D eigenvalue weighted by Crippen LogP contribution is 2.33. The predicted octanol–water partition coefficient (Wildman–Crippen LogP) is 5.21. The Morgan fingerprint density at radius 2 is 1.71 bits per heavy atom. The van der Waals surface area contributed by atoms with Gasteiger partial charge in [-0.15, -0.1) is 0 Å². The van der Waals surface area contributed by atoms with Gasteiger partial charge in [0.1, 0.15) is 12.4 Å². The Kier molecular flexibility index (Phi) is 7.87. The van der Waals surface area contributed by atoms with E-state index in [-0.39, 0.29) is 18.2 Å². The third-order valence-corrected chi connectivity index (χ3v) is 6.65. The van der Waals surface area contributed by atoms with E-state index < -0.39 is 5.97 Å². The van der Waals surface area contributed by atoms with E-state index in [9.17, 15) is 14.4 Å². The molecule has 0 fully saturated rings. The molecular weight excluding hydrogens is 580 g/mol. The minimum atomic E-state index is -0.456. The van der Waals surface area contributed by atoms with E-state index >= 15 is 0 Å². The summed E-state index contributed by atoms with van der Waals surface area (Å²) in [7, 11) is 1.33. The van der Waals surface area contributed by atoms with E-state index in [2.05, 4.69) is 37.2 Å². The monoisotopic (exact) mass is 600 g/mol. The number of nitrogens with zero attached hydrogens (tertiary/aromatic N) is 1. The normalized spacial score (nSPS) is 12.7. The maximum atomic E-state index is 13.1. The summed E-state index contributed by atoms with van der Waals surface area (Å²) in [4.78, 5) is 39.2. The molecule has 0 bridgehead atoms. The van der Waals surface area contributed by atoms with Crippen molar-refractivity contribution in [2.75, 3.05) is 25.6 Å². The van der Waals surface area contributed by atoms with Gasteiger partial charge < -0.3 is 19.7 Å². The molecule has 35 heavy (non-hydrogen) atoms. The maximum absolute atomic E-state index is 13.1. The van der Waals surface area contributed by atoms with Crippen LogP contribution in [0.15, 0.2) is 69.6 Å². The van der Waals surface area contributed by atoms with Gasteiger partial charge in [-0.1, -0.05) is 28.1 Å². The molecule has 0 aromatic heterocycles. The van der Waals surface area contributed by atoms with Gasteiger partial charge in [-0.05, 0) is 70.0 Å². The second kappa shape index (κ2) is 11.0. The van der Waals surface area contributed by atoms with Crippen LogP contribution in [0.3, 0.4) is 0 Å². The number of benzene rings is 3. The molecule has 2 amide bonds. The Balaban J connectivity index is 1.41. The van der Waals surface area contributed by atoms with Crippen molar-refractivity contribution in [2.45, 2.75) is 13.0 Å². The molecule has 0 spiro atoms. The molecule has 0 radical (unpaired) electrons. The van der Waals surface area contributed by atoms with E-state index in [1.807, 2.05) is 24.3 Å². The zero-order valence-corrected chi connectivity index (χ0v) is 22.0. The molecule has 3 aromatic carbocycles. The third kappa shape index (κ3) is 6.10. The highest BCUT2D eigenvalue weighted by molar-refractivity contribution is 9.10. The Morgan fingerprint density at radius 1 is 1.00 bits per heavy atom. The largest absolute Gasteiger partial charge is 0.490 e. The third-order valence-electron chi connectivity index (χ3n) is 5.54. The molecule has 180 valence electrons. The van der Waals surface area contributed by atoms with E-state index in [1.165, 1.54) is 7.11 Å². The van der Waals surface area contributed by atoms with Crippen LogP contribution >= 0.6 is 31.9 Å². The second-order valence-corrected chi connectivity index (χ2v) is 9.71. The summed E-state index contributed by atoms with van der Waals surface area (Å²) >= 11 is 6.80. The summed E-state index contributed by atoms with van der Waals surface area (Å²) in [6, 6.07) is 17.6. The summed E-state index contributed by atoms with van der Waals surface area (Å²) in [6.07, 6.45) is 0.203. The minimum absolute atomic E-state index is 0.0623. The molecule has 1 aliphatic heterocycles. The van der Waals surface area contributed by atoms with Crippen LogP contribution in [0.5, 0.6) is 5.75 Å². The van der Waals surface area contributed by atoms with Gasteiger partial charge in [0.15, 0.2) is 0 Å². The minimum Gasteiger partial charge on any atom is -0.490 e. The number of ether oxygens (including phenoxy) is 2. The summed E-state index contributed by atoms with van der Waals surface area (Å²) in [6.45, 7) is 1.09. The lowest BCUT2D eigenvalue weighted by Gasteiger charge is -2.20. The number of nitrogens with one attached hydrogen (secondary N) is 1. The van der Waals surface area contributed by atoms with Crippen molar-refractivity contribution in [2.24, 2.45) is 0 Å². The number of amides is 2. The number of rotatable bonds is 5. The molecular formula is C26H22Br2N2O5. The van der Waals surface area contributed by atoms with Crippen LogP contribution in [-0.2, 0) is 22.5 Å². The fourth-order valence-corrected chi connectivity index (χ4v) is 4.60. The number of fused-ring (bicyclic) bond motifs is 1. The summed E-state index contributed by atoms with van der Waals surface area (Å²) in [5.74, 6) is -0.100. The number of halogens is 2. The summed E-state index contributed by atoms with van der Waals surface area (Å²) < 4.78 is 12.2. The van der Waals surface area contributed by atoms with Crippen molar-refractivity contribution >= 4 is 55.3 Å². The average Bonchev–Trinajstić information content (AvgIpc) is 3.08. The van der Waals surface area contributed by atoms with Crippen LogP contribution in [-0.4, -0.2) is 42.9 Å². The molecule has 1 aliphatic rings. The first-order valence-corrected chi connectivity index (χ1v) is 12.4. The predicted molar refractivity (Wildman–Crippen MR) is 139 cm³/mol. The smallest absolute Gasteiger partial charge is 0.337 e. The lowest BCUT2D eigenvalue weighted by molar-refractivity contribution is -0.131. The fraction of sp³-hybridized carbons (Fsp3) is 0.192. The Labute approximate surface area is 219 Å². The lowest BCUT2D eigenvalue weighted by atomic mass is 10.1. The second-order valence-electron chi connectivity index (χ2n) is 7.94. The van der Waals surface area contributed by atoms with Crippen molar-refractivity contribution in [1.82, 2.24) is 4.90 Å². The first-order valence-electron chi connectivity index (χ1n) is 10.8. The number of hydrogen-bond donors (Lipinski definition) is 1. The van der Waals surface area contributed by atoms with Crippen LogP contribution in [0.2, 0.25) is 0 Å². The highest BCUT2D eigenvalue weighted by Gasteiger charge is 2.23. The van der Waals surface area contributed by atoms with Crippen molar-refractivity contribution in [1.29, 1.82) is 0 Å². The Bertz CT molecular complexity index is 1260. The van der Waals surface area contributed by atoms with Crippen LogP contribution in [0.4, 0.5) is 5.69 Å². The van der Waals surface area contributed by atoms with Gasteiger partial charge in [-0.3, -0.25) is 9.59 Å². The zero-order valence-electron chi connectivity index (χ0n) is 18.8. The number of carbonyl (C=O) groups is 3. The Hall–Kier alpha value is -3.17. The fourth-order valence-electron chi connectivity index (χ4n) is 3.72. The molecule has 0 saturated carbocycles. The Morgan fingerprint density at radius 3 is 2.40 bits per heavy atom. The number of hydrogen-bond acceptors (Lipinski definition) is 5. The van der Waals surface area contributed by atoms with Crippen molar-refractivity contribution in [3.05, 3.63) is 91.9 Å². The molecule has 0 atom stereocenters. The molecule has 0 unspecified atom stereocenters. The van der Waals surface area contributed by atoms with Gasteiger partial charge in [0, 0.05) is 27.8 Å². The number of methoxy groups -OCH3 is 1. The number of carbonyl (C=O) groups excluding carboxylic acids is 3. The van der Waals surface area contributed by atoms with Crippen LogP contribution in [0, 0.1) is 0 Å². The van der Waals surface area contributed by atoms with E-state index in [4.69, 9.17) is 9.47 Å². The summed E-state index contributed by atoms with van der Waals surface area (Å²) in [5.41, 5.74) is 3.14. The van der Waals surface area contributed by atoms with Crippen LogP contribution in [0.25, 0.3) is 0 Å². The average molecular weight is 602 g/mol. The molecule has 1 heterocycles. The molecule has 9 heteroatoms. The van der Waals surface area contributed by atoms with Gasteiger partial charge in [-0.2, -0.15) is 0 Å². The topological polar surface area (TPSA) is 84.9 Å². The van der Waals surface area contributed by atoms with Crippen molar-refractivity contribution in [3.63, 3.8) is 0 Å². The molecule has 4 rings (SSSR count). The molecule has 0 saturated heterocycles. The zero-order chi connectivity index (χ0) is 24.9. The lowest BCUT2D eigenvalue weighted by Crippen LogP contribution is -2.33. The first-order chi connectivity index (χ1) is 16.8.